The molecule has 1 N–H and O–H groups in total. The van der Waals surface area contributed by atoms with Crippen LogP contribution < -0.4 is 14.8 Å². The van der Waals surface area contributed by atoms with Crippen molar-refractivity contribution in [3.8, 4) is 11.5 Å². The van der Waals surface area contributed by atoms with Gasteiger partial charge in [-0.25, -0.2) is 0 Å². The maximum atomic E-state index is 12.2. The lowest BCUT2D eigenvalue weighted by molar-refractivity contribution is 0.0947. The normalized spacial score (nSPS) is 14.0. The highest BCUT2D eigenvalue weighted by atomic mass is 16.7. The number of nitrogens with one attached hydrogen (secondary N) is 1. The third kappa shape index (κ3) is 2.77. The summed E-state index contributed by atoms with van der Waals surface area (Å²) >= 11 is 0. The summed E-state index contributed by atoms with van der Waals surface area (Å²) in [5.74, 6) is 1.15. The second kappa shape index (κ2) is 5.71. The van der Waals surface area contributed by atoms with E-state index in [0.29, 0.717) is 23.6 Å². The maximum absolute atomic E-state index is 12.2. The van der Waals surface area contributed by atoms with E-state index in [1.807, 2.05) is 31.5 Å². The van der Waals surface area contributed by atoms with Crippen LogP contribution in [0.1, 0.15) is 34.7 Å². The van der Waals surface area contributed by atoms with Crippen LogP contribution >= 0.6 is 0 Å². The number of benzene rings is 1. The molecule has 1 aromatic heterocycles. The summed E-state index contributed by atoms with van der Waals surface area (Å²) in [5, 5.41) is 7.37. The first-order valence-electron chi connectivity index (χ1n) is 7.25. The SMILES string of the molecule is Cc1cc(C)n([C@@H](C)CNC(=O)c2ccc3c(c2)OCO3)n1. The molecule has 116 valence electrons. The van der Waals surface area contributed by atoms with E-state index < -0.39 is 0 Å². The second-order valence-electron chi connectivity index (χ2n) is 5.50. The molecule has 0 spiro atoms. The molecule has 1 aromatic carbocycles. The molecule has 0 radical (unpaired) electrons. The Morgan fingerprint density at radius 3 is 2.82 bits per heavy atom. The Balaban J connectivity index is 1.63. The molecule has 6 heteroatoms. The molecule has 1 aliphatic rings. The fourth-order valence-electron chi connectivity index (χ4n) is 2.56. The van der Waals surface area contributed by atoms with Crippen LogP contribution in [-0.2, 0) is 0 Å². The molecule has 0 bridgehead atoms. The first-order chi connectivity index (χ1) is 10.5. The van der Waals surface area contributed by atoms with Crippen molar-refractivity contribution in [3.63, 3.8) is 0 Å². The van der Waals surface area contributed by atoms with Crippen LogP contribution in [0.2, 0.25) is 0 Å². The number of rotatable bonds is 4. The number of carbonyl (C=O) groups excluding carboxylic acids is 1. The van der Waals surface area contributed by atoms with Crippen LogP contribution in [0.4, 0.5) is 0 Å². The monoisotopic (exact) mass is 301 g/mol. The Labute approximate surface area is 129 Å². The molecule has 1 amide bonds. The van der Waals surface area contributed by atoms with Crippen molar-refractivity contribution in [3.05, 3.63) is 41.2 Å². The van der Waals surface area contributed by atoms with Gasteiger partial charge in [-0.2, -0.15) is 5.10 Å². The summed E-state index contributed by atoms with van der Waals surface area (Å²) in [7, 11) is 0. The first-order valence-corrected chi connectivity index (χ1v) is 7.25. The van der Waals surface area contributed by atoms with Gasteiger partial charge in [0.2, 0.25) is 6.79 Å². The third-order valence-electron chi connectivity index (χ3n) is 3.65. The third-order valence-corrected chi connectivity index (χ3v) is 3.65. The lowest BCUT2D eigenvalue weighted by atomic mass is 10.2. The minimum Gasteiger partial charge on any atom is -0.454 e. The number of hydrogen-bond acceptors (Lipinski definition) is 4. The van der Waals surface area contributed by atoms with Gasteiger partial charge in [0.25, 0.3) is 5.91 Å². The van der Waals surface area contributed by atoms with Crippen molar-refractivity contribution >= 4 is 5.91 Å². The van der Waals surface area contributed by atoms with Gasteiger partial charge in [-0.1, -0.05) is 0 Å². The minimum absolute atomic E-state index is 0.0895. The minimum atomic E-state index is -0.133. The highest BCUT2D eigenvalue weighted by molar-refractivity contribution is 5.94. The smallest absolute Gasteiger partial charge is 0.251 e. The van der Waals surface area contributed by atoms with Crippen LogP contribution in [0.3, 0.4) is 0 Å². The van der Waals surface area contributed by atoms with E-state index >= 15 is 0 Å². The predicted octanol–water partition coefficient (Wildman–Crippen LogP) is 2.22. The molecular weight excluding hydrogens is 282 g/mol. The van der Waals surface area contributed by atoms with Crippen molar-refractivity contribution in [1.29, 1.82) is 0 Å². The fraction of sp³-hybridized carbons (Fsp3) is 0.375. The van der Waals surface area contributed by atoms with Gasteiger partial charge in [-0.05, 0) is 45.0 Å². The van der Waals surface area contributed by atoms with Gasteiger partial charge in [0.05, 0.1) is 11.7 Å². The Bertz CT molecular complexity index is 709. The lowest BCUT2D eigenvalue weighted by Gasteiger charge is -2.15. The molecule has 3 rings (SSSR count). The summed E-state index contributed by atoms with van der Waals surface area (Å²) in [6.45, 7) is 6.71. The van der Waals surface area contributed by atoms with E-state index in [0.717, 1.165) is 11.4 Å². The quantitative estimate of drug-likeness (QED) is 0.940. The van der Waals surface area contributed by atoms with Gasteiger partial charge in [-0.3, -0.25) is 9.48 Å². The Morgan fingerprint density at radius 2 is 2.09 bits per heavy atom. The number of aromatic nitrogens is 2. The van der Waals surface area contributed by atoms with Crippen molar-refractivity contribution in [2.75, 3.05) is 13.3 Å². The zero-order valence-electron chi connectivity index (χ0n) is 12.9. The fourth-order valence-corrected chi connectivity index (χ4v) is 2.56. The van der Waals surface area contributed by atoms with Gasteiger partial charge < -0.3 is 14.8 Å². The molecular formula is C16H19N3O3. The molecule has 1 atom stereocenters. The average molecular weight is 301 g/mol. The number of aryl methyl sites for hydroxylation is 2. The van der Waals surface area contributed by atoms with Crippen LogP contribution in [0.15, 0.2) is 24.3 Å². The van der Waals surface area contributed by atoms with Crippen LogP contribution in [-0.4, -0.2) is 29.0 Å². The van der Waals surface area contributed by atoms with Gasteiger partial charge in [0.15, 0.2) is 11.5 Å². The number of nitrogens with zero attached hydrogens (tertiary/aromatic N) is 2. The highest BCUT2D eigenvalue weighted by Gasteiger charge is 2.17. The number of ether oxygens (including phenoxy) is 2. The average Bonchev–Trinajstić information content (AvgIpc) is 3.09. The van der Waals surface area contributed by atoms with Gasteiger partial charge in [-0.15, -0.1) is 0 Å². The van der Waals surface area contributed by atoms with Crippen molar-refractivity contribution in [1.82, 2.24) is 15.1 Å². The molecule has 0 aliphatic carbocycles. The van der Waals surface area contributed by atoms with Crippen molar-refractivity contribution in [2.24, 2.45) is 0 Å². The van der Waals surface area contributed by atoms with Crippen LogP contribution in [0.25, 0.3) is 0 Å². The van der Waals surface area contributed by atoms with E-state index in [1.54, 1.807) is 18.2 Å². The van der Waals surface area contributed by atoms with E-state index in [2.05, 4.69) is 10.4 Å². The molecule has 2 heterocycles. The van der Waals surface area contributed by atoms with Gasteiger partial charge >= 0.3 is 0 Å². The highest BCUT2D eigenvalue weighted by Crippen LogP contribution is 2.32. The zero-order chi connectivity index (χ0) is 15.7. The maximum Gasteiger partial charge on any atom is 0.251 e. The molecule has 0 saturated heterocycles. The topological polar surface area (TPSA) is 65.4 Å². The Kier molecular flexibility index (Phi) is 3.75. The number of fused-ring (bicyclic) bond motifs is 1. The van der Waals surface area contributed by atoms with E-state index in [4.69, 9.17) is 9.47 Å². The second-order valence-corrected chi connectivity index (χ2v) is 5.50. The Hall–Kier alpha value is -2.50. The standard InChI is InChI=1S/C16H19N3O3/c1-10-6-11(2)19(18-10)12(3)8-17-16(20)13-4-5-14-15(7-13)22-9-21-14/h4-7,12H,8-9H2,1-3H3,(H,17,20)/t12-/m0/s1. The first kappa shape index (κ1) is 14.4. The molecule has 22 heavy (non-hydrogen) atoms. The lowest BCUT2D eigenvalue weighted by Crippen LogP contribution is -2.30. The predicted molar refractivity (Wildman–Crippen MR) is 81.3 cm³/mol. The largest absolute Gasteiger partial charge is 0.454 e. The zero-order valence-corrected chi connectivity index (χ0v) is 12.9. The summed E-state index contributed by atoms with van der Waals surface area (Å²) in [4.78, 5) is 12.2. The molecule has 2 aromatic rings. The van der Waals surface area contributed by atoms with Gasteiger partial charge in [0.1, 0.15) is 0 Å². The molecule has 0 saturated carbocycles. The molecule has 1 aliphatic heterocycles. The molecule has 0 fully saturated rings. The Morgan fingerprint density at radius 1 is 1.32 bits per heavy atom. The summed E-state index contributed by atoms with van der Waals surface area (Å²) < 4.78 is 12.5. The van der Waals surface area contributed by atoms with Crippen LogP contribution in [0.5, 0.6) is 11.5 Å². The summed E-state index contributed by atoms with van der Waals surface area (Å²) in [6, 6.07) is 7.30. The van der Waals surface area contributed by atoms with Crippen molar-refractivity contribution < 1.29 is 14.3 Å². The number of amides is 1. The number of hydrogen-bond donors (Lipinski definition) is 1. The summed E-state index contributed by atoms with van der Waals surface area (Å²) in [5.41, 5.74) is 2.62. The van der Waals surface area contributed by atoms with Crippen molar-refractivity contribution in [2.45, 2.75) is 26.8 Å². The van der Waals surface area contributed by atoms with E-state index in [-0.39, 0.29) is 18.7 Å². The van der Waals surface area contributed by atoms with Crippen LogP contribution in [0, 0.1) is 13.8 Å². The number of carbonyl (C=O) groups is 1. The van der Waals surface area contributed by atoms with E-state index in [9.17, 15) is 4.79 Å². The molecule has 6 nitrogen and oxygen atoms in total. The van der Waals surface area contributed by atoms with E-state index in [1.165, 1.54) is 0 Å². The molecule has 0 unspecified atom stereocenters. The summed E-state index contributed by atoms with van der Waals surface area (Å²) in [6.07, 6.45) is 0. The van der Waals surface area contributed by atoms with Gasteiger partial charge in [0, 0.05) is 17.8 Å².